The van der Waals surface area contributed by atoms with E-state index in [0.717, 1.165) is 0 Å². The normalized spacial score (nSPS) is 13.1. The van der Waals surface area contributed by atoms with E-state index in [1.807, 2.05) is 0 Å². The maximum Gasteiger partial charge on any atom is 0.573 e. The lowest BCUT2D eigenvalue weighted by molar-refractivity contribution is -0.274. The summed E-state index contributed by atoms with van der Waals surface area (Å²) in [5.74, 6) is -0.275. The number of ether oxygens (including phenoxy) is 1. The zero-order chi connectivity index (χ0) is 12.9. The van der Waals surface area contributed by atoms with Gasteiger partial charge < -0.3 is 10.5 Å². The van der Waals surface area contributed by atoms with Crippen LogP contribution in [0.5, 0.6) is 5.75 Å². The third-order valence-electron chi connectivity index (χ3n) is 1.71. The summed E-state index contributed by atoms with van der Waals surface area (Å²) in [6.45, 7) is 1.73. The summed E-state index contributed by atoms with van der Waals surface area (Å²) in [5.41, 5.74) is 6.34. The number of benzene rings is 1. The van der Waals surface area contributed by atoms with E-state index in [0.29, 0.717) is 11.4 Å². The van der Waals surface area contributed by atoms with Crippen molar-refractivity contribution in [3.05, 3.63) is 36.5 Å². The number of hydrogen-bond acceptors (Lipinski definition) is 3. The van der Waals surface area contributed by atoms with Crippen LogP contribution in [0.4, 0.5) is 18.9 Å². The third kappa shape index (κ3) is 5.05. The van der Waals surface area contributed by atoms with Crippen LogP contribution in [-0.2, 0) is 0 Å². The van der Waals surface area contributed by atoms with Crippen LogP contribution >= 0.6 is 0 Å². The van der Waals surface area contributed by atoms with Crippen molar-refractivity contribution >= 4 is 11.4 Å². The molecule has 0 aliphatic carbocycles. The molecule has 0 spiro atoms. The topological polar surface area (TPSA) is 47.6 Å². The first-order valence-corrected chi connectivity index (χ1v) is 4.70. The summed E-state index contributed by atoms with van der Waals surface area (Å²) in [5, 5.41) is 0. The first kappa shape index (κ1) is 13.1. The van der Waals surface area contributed by atoms with Crippen molar-refractivity contribution in [3.8, 4) is 5.75 Å². The van der Waals surface area contributed by atoms with E-state index in [4.69, 9.17) is 5.73 Å². The van der Waals surface area contributed by atoms with Crippen LogP contribution in [-0.4, -0.2) is 12.1 Å². The van der Waals surface area contributed by atoms with Gasteiger partial charge in [0.25, 0.3) is 0 Å². The minimum absolute atomic E-state index is 0.275. The van der Waals surface area contributed by atoms with Gasteiger partial charge in [0.15, 0.2) is 0 Å². The second-order valence-electron chi connectivity index (χ2n) is 3.15. The van der Waals surface area contributed by atoms with Gasteiger partial charge in [-0.15, -0.1) is 13.2 Å². The first-order chi connectivity index (χ1) is 7.90. The molecule has 92 valence electrons. The highest BCUT2D eigenvalue weighted by atomic mass is 19.4. The van der Waals surface area contributed by atoms with Gasteiger partial charge in [0.2, 0.25) is 0 Å². The van der Waals surface area contributed by atoms with Gasteiger partial charge in [-0.1, -0.05) is 0 Å². The first-order valence-electron chi connectivity index (χ1n) is 4.70. The van der Waals surface area contributed by atoms with Crippen LogP contribution in [0.25, 0.3) is 0 Å². The monoisotopic (exact) mass is 244 g/mol. The molecule has 0 heterocycles. The van der Waals surface area contributed by atoms with Gasteiger partial charge in [-0.2, -0.15) is 0 Å². The van der Waals surface area contributed by atoms with Crippen LogP contribution in [0.15, 0.2) is 41.5 Å². The molecule has 1 aromatic carbocycles. The highest BCUT2D eigenvalue weighted by Crippen LogP contribution is 2.24. The molecule has 0 bridgehead atoms. The number of aliphatic imine (C=N–C) groups is 1. The number of allylic oxidation sites excluding steroid dienone is 1. The second-order valence-corrected chi connectivity index (χ2v) is 3.15. The molecule has 0 atom stereocenters. The van der Waals surface area contributed by atoms with Gasteiger partial charge in [0.1, 0.15) is 5.75 Å². The van der Waals surface area contributed by atoms with Crippen molar-refractivity contribution < 1.29 is 17.9 Å². The Labute approximate surface area is 96.4 Å². The quantitative estimate of drug-likeness (QED) is 0.830. The van der Waals surface area contributed by atoms with Crippen molar-refractivity contribution in [1.29, 1.82) is 0 Å². The SMILES string of the molecule is CC(/C=C\N)=Nc1ccc(OC(F)(F)F)cc1. The zero-order valence-corrected chi connectivity index (χ0v) is 9.03. The Kier molecular flexibility index (Phi) is 4.14. The average Bonchev–Trinajstić information content (AvgIpc) is 2.19. The van der Waals surface area contributed by atoms with Crippen LogP contribution < -0.4 is 10.5 Å². The Hall–Kier alpha value is -1.98. The van der Waals surface area contributed by atoms with Crippen LogP contribution in [0.2, 0.25) is 0 Å². The summed E-state index contributed by atoms with van der Waals surface area (Å²) in [6.07, 6.45) is -1.76. The Bertz CT molecular complexity index is 421. The lowest BCUT2D eigenvalue weighted by atomic mass is 10.3. The Morgan fingerprint density at radius 2 is 1.88 bits per heavy atom. The fraction of sp³-hybridized carbons (Fsp3) is 0.182. The van der Waals surface area contributed by atoms with E-state index >= 15 is 0 Å². The van der Waals surface area contributed by atoms with Crippen molar-refractivity contribution in [1.82, 2.24) is 0 Å². The lowest BCUT2D eigenvalue weighted by Crippen LogP contribution is -2.16. The number of nitrogens with zero attached hydrogens (tertiary/aromatic N) is 1. The number of alkyl halides is 3. The number of nitrogens with two attached hydrogens (primary N) is 1. The highest BCUT2D eigenvalue weighted by Gasteiger charge is 2.30. The summed E-state index contributed by atoms with van der Waals surface area (Å²) in [4.78, 5) is 4.10. The highest BCUT2D eigenvalue weighted by molar-refractivity contribution is 5.94. The largest absolute Gasteiger partial charge is 0.573 e. The van der Waals surface area contributed by atoms with E-state index in [1.165, 1.54) is 30.5 Å². The van der Waals surface area contributed by atoms with E-state index in [-0.39, 0.29) is 5.75 Å². The molecule has 0 aliphatic rings. The zero-order valence-electron chi connectivity index (χ0n) is 9.03. The maximum atomic E-state index is 11.9. The molecule has 2 N–H and O–H groups in total. The smallest absolute Gasteiger partial charge is 0.406 e. The third-order valence-corrected chi connectivity index (χ3v) is 1.71. The Morgan fingerprint density at radius 3 is 2.35 bits per heavy atom. The minimum Gasteiger partial charge on any atom is -0.406 e. The molecule has 6 heteroatoms. The van der Waals surface area contributed by atoms with Crippen LogP contribution in [0.3, 0.4) is 0 Å². The molecule has 0 saturated heterocycles. The summed E-state index contributed by atoms with van der Waals surface area (Å²) < 4.78 is 39.4. The summed E-state index contributed by atoms with van der Waals surface area (Å²) >= 11 is 0. The molecule has 0 radical (unpaired) electrons. The molecular formula is C11H11F3N2O. The predicted molar refractivity (Wildman–Crippen MR) is 59.2 cm³/mol. The predicted octanol–water partition coefficient (Wildman–Crippen LogP) is 3.15. The molecule has 1 rings (SSSR count). The summed E-state index contributed by atoms with van der Waals surface area (Å²) in [7, 11) is 0. The minimum atomic E-state index is -4.68. The molecule has 0 aliphatic heterocycles. The molecule has 0 fully saturated rings. The number of halogens is 3. The standard InChI is InChI=1S/C11H11F3N2O/c1-8(6-7-15)16-9-2-4-10(5-3-9)17-11(12,13)14/h2-7H,15H2,1H3/b7-6-,16-8?. The molecule has 0 saturated carbocycles. The fourth-order valence-corrected chi connectivity index (χ4v) is 1.10. The fourth-order valence-electron chi connectivity index (χ4n) is 1.10. The van der Waals surface area contributed by atoms with Crippen molar-refractivity contribution in [2.24, 2.45) is 10.7 Å². The van der Waals surface area contributed by atoms with Gasteiger partial charge in [0, 0.05) is 5.71 Å². The van der Waals surface area contributed by atoms with E-state index in [9.17, 15) is 13.2 Å². The molecule has 0 amide bonds. The Morgan fingerprint density at radius 1 is 1.29 bits per heavy atom. The Balaban J connectivity index is 2.78. The van der Waals surface area contributed by atoms with Crippen LogP contribution in [0.1, 0.15) is 6.92 Å². The van der Waals surface area contributed by atoms with Crippen LogP contribution in [0, 0.1) is 0 Å². The van der Waals surface area contributed by atoms with E-state index < -0.39 is 6.36 Å². The number of rotatable bonds is 3. The van der Waals surface area contributed by atoms with Gasteiger partial charge in [-0.25, -0.2) is 0 Å². The second kappa shape index (κ2) is 5.38. The van der Waals surface area contributed by atoms with Gasteiger partial charge in [0.05, 0.1) is 5.69 Å². The molecular weight excluding hydrogens is 233 g/mol. The molecule has 0 aromatic heterocycles. The number of hydrogen-bond donors (Lipinski definition) is 1. The maximum absolute atomic E-state index is 11.9. The van der Waals surface area contributed by atoms with E-state index in [1.54, 1.807) is 13.0 Å². The van der Waals surface area contributed by atoms with Crippen molar-refractivity contribution in [3.63, 3.8) is 0 Å². The van der Waals surface area contributed by atoms with Gasteiger partial charge in [-0.05, 0) is 43.5 Å². The van der Waals surface area contributed by atoms with Crippen molar-refractivity contribution in [2.45, 2.75) is 13.3 Å². The van der Waals surface area contributed by atoms with E-state index in [2.05, 4.69) is 9.73 Å². The molecule has 3 nitrogen and oxygen atoms in total. The van der Waals surface area contributed by atoms with Crippen molar-refractivity contribution in [2.75, 3.05) is 0 Å². The van der Waals surface area contributed by atoms with Gasteiger partial charge >= 0.3 is 6.36 Å². The summed E-state index contributed by atoms with van der Waals surface area (Å²) in [6, 6.07) is 5.25. The molecule has 0 unspecified atom stereocenters. The average molecular weight is 244 g/mol. The molecule has 1 aromatic rings. The molecule has 17 heavy (non-hydrogen) atoms. The lowest BCUT2D eigenvalue weighted by Gasteiger charge is -2.08. The van der Waals surface area contributed by atoms with Gasteiger partial charge in [-0.3, -0.25) is 4.99 Å².